The number of hydrogen-bond donors (Lipinski definition) is 1. The Morgan fingerprint density at radius 2 is 2.05 bits per heavy atom. The largest absolute Gasteiger partial charge is 0.273 e. The van der Waals surface area contributed by atoms with Gasteiger partial charge in [-0.25, -0.2) is 5.43 Å². The summed E-state index contributed by atoms with van der Waals surface area (Å²) < 4.78 is 2.24. The number of amides is 1. The van der Waals surface area contributed by atoms with Crippen molar-refractivity contribution in [3.05, 3.63) is 33.6 Å². The van der Waals surface area contributed by atoms with Gasteiger partial charge < -0.3 is 0 Å². The molecule has 0 atom stereocenters. The van der Waals surface area contributed by atoms with E-state index in [4.69, 9.17) is 0 Å². The zero-order chi connectivity index (χ0) is 15.8. The van der Waals surface area contributed by atoms with Gasteiger partial charge in [-0.05, 0) is 28.4 Å². The molecule has 0 spiro atoms. The van der Waals surface area contributed by atoms with Crippen molar-refractivity contribution >= 4 is 49.5 Å². The normalized spacial score (nSPS) is 11.4. The Morgan fingerprint density at radius 3 is 2.86 bits per heavy atom. The minimum atomic E-state index is -0.0107. The van der Waals surface area contributed by atoms with Gasteiger partial charge in [0.05, 0.1) is 10.0 Å². The van der Waals surface area contributed by atoms with E-state index in [2.05, 4.69) is 45.5 Å². The number of benzene rings is 1. The molecule has 0 fully saturated rings. The maximum Gasteiger partial charge on any atom is 0.240 e. The summed E-state index contributed by atoms with van der Waals surface area (Å²) in [5, 5.41) is 5.24. The number of thiophene rings is 1. The molecule has 0 aliphatic carbocycles. The van der Waals surface area contributed by atoms with Gasteiger partial charge >= 0.3 is 0 Å². The van der Waals surface area contributed by atoms with Gasteiger partial charge in [0.2, 0.25) is 5.91 Å². The molecule has 5 heteroatoms. The van der Waals surface area contributed by atoms with Crippen molar-refractivity contribution in [1.82, 2.24) is 5.43 Å². The van der Waals surface area contributed by atoms with Gasteiger partial charge in [-0.15, -0.1) is 11.3 Å². The monoisotopic (exact) mass is 380 g/mol. The molecule has 118 valence electrons. The Balaban J connectivity index is 1.84. The van der Waals surface area contributed by atoms with Crippen molar-refractivity contribution in [3.8, 4) is 0 Å². The Hall–Kier alpha value is -1.20. The molecule has 22 heavy (non-hydrogen) atoms. The maximum atomic E-state index is 11.7. The molecule has 0 aliphatic heterocycles. The topological polar surface area (TPSA) is 41.5 Å². The average molecular weight is 381 g/mol. The van der Waals surface area contributed by atoms with Crippen molar-refractivity contribution in [3.63, 3.8) is 0 Å². The van der Waals surface area contributed by atoms with Gasteiger partial charge in [-0.2, -0.15) is 5.10 Å². The highest BCUT2D eigenvalue weighted by atomic mass is 79.9. The van der Waals surface area contributed by atoms with Gasteiger partial charge in [0, 0.05) is 22.1 Å². The summed E-state index contributed by atoms with van der Waals surface area (Å²) >= 11 is 5.23. The predicted molar refractivity (Wildman–Crippen MR) is 98.6 cm³/mol. The highest BCUT2D eigenvalue weighted by molar-refractivity contribution is 9.11. The van der Waals surface area contributed by atoms with Crippen molar-refractivity contribution in [1.29, 1.82) is 0 Å². The molecule has 3 nitrogen and oxygen atoms in total. The highest BCUT2D eigenvalue weighted by Gasteiger charge is 2.07. The van der Waals surface area contributed by atoms with E-state index in [1.807, 2.05) is 12.1 Å². The lowest BCUT2D eigenvalue weighted by atomic mass is 10.1. The first kappa shape index (κ1) is 17.2. The summed E-state index contributed by atoms with van der Waals surface area (Å²) in [6.07, 6.45) is 8.00. The van der Waals surface area contributed by atoms with Gasteiger partial charge in [-0.3, -0.25) is 4.79 Å². The van der Waals surface area contributed by atoms with E-state index in [-0.39, 0.29) is 5.91 Å². The third kappa shape index (κ3) is 4.92. The van der Waals surface area contributed by atoms with Gasteiger partial charge in [0.25, 0.3) is 0 Å². The zero-order valence-electron chi connectivity index (χ0n) is 12.8. The molecular formula is C17H21BrN2OS. The van der Waals surface area contributed by atoms with Crippen molar-refractivity contribution < 1.29 is 4.79 Å². The van der Waals surface area contributed by atoms with Gasteiger partial charge in [0.1, 0.15) is 0 Å². The lowest BCUT2D eigenvalue weighted by Gasteiger charge is -2.00. The van der Waals surface area contributed by atoms with Crippen molar-refractivity contribution in [2.45, 2.75) is 45.4 Å². The number of carbonyl (C=O) groups excluding carboxylic acids is 1. The summed E-state index contributed by atoms with van der Waals surface area (Å²) in [7, 11) is 0. The number of nitrogens with one attached hydrogen (secondary N) is 1. The number of fused-ring (bicyclic) bond motifs is 1. The van der Waals surface area contributed by atoms with Crippen LogP contribution in [0.5, 0.6) is 0 Å². The first-order valence-electron chi connectivity index (χ1n) is 7.71. The van der Waals surface area contributed by atoms with Crippen molar-refractivity contribution in [2.24, 2.45) is 5.10 Å². The molecule has 0 bridgehead atoms. The SMILES string of the molecule is CCCCCCCC(=O)NN=Cc1c(Br)sc2ccccc12. The van der Waals surface area contributed by atoms with Gasteiger partial charge in [-0.1, -0.05) is 50.8 Å². The highest BCUT2D eigenvalue weighted by Crippen LogP contribution is 2.33. The van der Waals surface area contributed by atoms with E-state index >= 15 is 0 Å². The molecule has 2 rings (SSSR count). The summed E-state index contributed by atoms with van der Waals surface area (Å²) in [6, 6.07) is 8.17. The fourth-order valence-electron chi connectivity index (χ4n) is 2.27. The number of unbranched alkanes of at least 4 members (excludes halogenated alkanes) is 4. The Kier molecular flexibility index (Phi) is 7.06. The third-order valence-electron chi connectivity index (χ3n) is 3.48. The van der Waals surface area contributed by atoms with Crippen LogP contribution in [0.3, 0.4) is 0 Å². The van der Waals surface area contributed by atoms with E-state index in [1.165, 1.54) is 24.0 Å². The predicted octanol–water partition coefficient (Wildman–Crippen LogP) is 5.47. The quantitative estimate of drug-likeness (QED) is 0.367. The molecule has 1 amide bonds. The van der Waals surface area contributed by atoms with Gasteiger partial charge in [0.15, 0.2) is 0 Å². The van der Waals surface area contributed by atoms with E-state index in [9.17, 15) is 4.79 Å². The standard InChI is InChI=1S/C17H21BrN2OS/c1-2-3-4-5-6-11-16(21)20-19-12-14-13-9-7-8-10-15(13)22-17(14)18/h7-10,12H,2-6,11H2,1H3,(H,20,21). The fraction of sp³-hybridized carbons (Fsp3) is 0.412. The molecule has 0 saturated carbocycles. The minimum Gasteiger partial charge on any atom is -0.273 e. The molecule has 1 N–H and O–H groups in total. The molecule has 0 radical (unpaired) electrons. The number of nitrogens with zero attached hydrogens (tertiary/aromatic N) is 1. The number of hydrazone groups is 1. The summed E-state index contributed by atoms with van der Waals surface area (Å²) in [5.41, 5.74) is 3.64. The summed E-state index contributed by atoms with van der Waals surface area (Å²) in [6.45, 7) is 2.19. The first-order valence-corrected chi connectivity index (χ1v) is 9.32. The van der Waals surface area contributed by atoms with Crippen LogP contribution in [0.1, 0.15) is 51.0 Å². The smallest absolute Gasteiger partial charge is 0.240 e. The van der Waals surface area contributed by atoms with Crippen LogP contribution in [0.15, 0.2) is 33.2 Å². The molecular weight excluding hydrogens is 360 g/mol. The fourth-order valence-corrected chi connectivity index (χ4v) is 4.01. The Morgan fingerprint density at radius 1 is 1.27 bits per heavy atom. The van der Waals surface area contributed by atoms with E-state index in [0.717, 1.165) is 27.6 Å². The third-order valence-corrected chi connectivity index (χ3v) is 5.37. The number of rotatable bonds is 8. The van der Waals surface area contributed by atoms with E-state index in [0.29, 0.717) is 6.42 Å². The van der Waals surface area contributed by atoms with Crippen LogP contribution >= 0.6 is 27.3 Å². The van der Waals surface area contributed by atoms with Crippen LogP contribution in [0.25, 0.3) is 10.1 Å². The first-order chi connectivity index (χ1) is 10.7. The van der Waals surface area contributed by atoms with Crippen LogP contribution in [-0.4, -0.2) is 12.1 Å². The second-order valence-electron chi connectivity index (χ2n) is 5.24. The van der Waals surface area contributed by atoms with E-state index < -0.39 is 0 Å². The molecule has 0 unspecified atom stereocenters. The van der Waals surface area contributed by atoms with Crippen molar-refractivity contribution in [2.75, 3.05) is 0 Å². The summed E-state index contributed by atoms with van der Waals surface area (Å²) in [5.74, 6) is -0.0107. The zero-order valence-corrected chi connectivity index (χ0v) is 15.2. The molecule has 1 aromatic carbocycles. The minimum absolute atomic E-state index is 0.0107. The average Bonchev–Trinajstić information content (AvgIpc) is 2.83. The molecule has 0 aliphatic rings. The lowest BCUT2D eigenvalue weighted by molar-refractivity contribution is -0.121. The van der Waals surface area contributed by atoms with Crippen LogP contribution < -0.4 is 5.43 Å². The van der Waals surface area contributed by atoms with E-state index in [1.54, 1.807) is 17.6 Å². The number of halogens is 1. The second-order valence-corrected chi connectivity index (χ2v) is 7.61. The molecule has 1 aromatic heterocycles. The molecule has 2 aromatic rings. The summed E-state index contributed by atoms with van der Waals surface area (Å²) in [4.78, 5) is 11.7. The van der Waals surface area contributed by atoms with Crippen LogP contribution in [0.4, 0.5) is 0 Å². The van der Waals surface area contributed by atoms with Crippen LogP contribution in [-0.2, 0) is 4.79 Å². The van der Waals surface area contributed by atoms with Crippen LogP contribution in [0, 0.1) is 0 Å². The lowest BCUT2D eigenvalue weighted by Crippen LogP contribution is -2.16. The second kappa shape index (κ2) is 9.06. The van der Waals surface area contributed by atoms with Crippen LogP contribution in [0.2, 0.25) is 0 Å². The molecule has 1 heterocycles. The number of hydrogen-bond acceptors (Lipinski definition) is 3. The molecule has 0 saturated heterocycles. The number of carbonyl (C=O) groups is 1. The Bertz CT molecular complexity index is 651. The Labute approximate surface area is 143 Å². The maximum absolute atomic E-state index is 11.7.